The Labute approximate surface area is 178 Å². The average molecular weight is 521 g/mol. The maximum atomic E-state index is 14.4. The van der Waals surface area contributed by atoms with E-state index in [1.54, 1.807) is 6.07 Å². The fourth-order valence-corrected chi connectivity index (χ4v) is 4.32. The quantitative estimate of drug-likeness (QED) is 0.560. The summed E-state index contributed by atoms with van der Waals surface area (Å²) in [4.78, 5) is 11.5. The summed E-state index contributed by atoms with van der Waals surface area (Å²) in [5.74, 6) is -0.918. The Morgan fingerprint density at radius 3 is 2.07 bits per heavy atom. The molecule has 4 nitrogen and oxygen atoms in total. The van der Waals surface area contributed by atoms with Crippen LogP contribution in [0.1, 0.15) is 17.5 Å². The first-order valence-corrected chi connectivity index (χ1v) is 8.90. The lowest BCUT2D eigenvalue weighted by Gasteiger charge is -2.35. The van der Waals surface area contributed by atoms with Crippen LogP contribution >= 0.6 is 27.5 Å². The molecule has 0 saturated carbocycles. The van der Waals surface area contributed by atoms with E-state index in [0.717, 1.165) is 6.08 Å². The highest BCUT2D eigenvalue weighted by atomic mass is 79.9. The molecule has 1 aromatic rings. The second-order valence-corrected chi connectivity index (χ2v) is 7.63. The number of rotatable bonds is 3. The zero-order valence-corrected chi connectivity index (χ0v) is 16.8. The molecule has 0 aliphatic heterocycles. The van der Waals surface area contributed by atoms with Crippen molar-refractivity contribution in [3.05, 3.63) is 56.1 Å². The monoisotopic (exact) mass is 519 g/mol. The fraction of sp³-hybridized carbons (Fsp3) is 0.294. The van der Waals surface area contributed by atoms with Crippen LogP contribution in [-0.4, -0.2) is 18.3 Å². The Morgan fingerprint density at radius 2 is 1.67 bits per heavy atom. The van der Waals surface area contributed by atoms with Crippen LogP contribution < -0.4 is 11.5 Å². The van der Waals surface area contributed by atoms with Crippen molar-refractivity contribution in [3.63, 3.8) is 0 Å². The molecule has 1 aliphatic carbocycles. The molecular weight excluding hydrogens is 511 g/mol. The third-order valence-electron chi connectivity index (χ3n) is 4.51. The molecule has 0 saturated heterocycles. The molecule has 4 N–H and O–H groups in total. The van der Waals surface area contributed by atoms with Crippen molar-refractivity contribution in [1.29, 1.82) is 5.26 Å². The summed E-state index contributed by atoms with van der Waals surface area (Å²) in [6, 6.07) is 2.09. The standard InChI is InChI=1S/C17H10BrClF7N3O/c18-10-3-9(15(20,16(21,22)23)17(24,25)26)4-11(19)12(10)14(29)5-7(13(28)30)1-2-8(14)6-27/h1-4H,5,29H2,(H2,28,30). The summed E-state index contributed by atoms with van der Waals surface area (Å²) in [6.07, 6.45) is -10.8. The minimum Gasteiger partial charge on any atom is -0.366 e. The summed E-state index contributed by atoms with van der Waals surface area (Å²) < 4.78 is 92.1. The number of hydrogen-bond donors (Lipinski definition) is 2. The predicted octanol–water partition coefficient (Wildman–Crippen LogP) is 4.81. The molecule has 30 heavy (non-hydrogen) atoms. The van der Waals surface area contributed by atoms with Crippen molar-refractivity contribution < 1.29 is 35.5 Å². The van der Waals surface area contributed by atoms with Gasteiger partial charge in [0.2, 0.25) is 5.91 Å². The van der Waals surface area contributed by atoms with E-state index in [2.05, 4.69) is 15.9 Å². The Hall–Kier alpha value is -2.10. The van der Waals surface area contributed by atoms with E-state index in [4.69, 9.17) is 23.1 Å². The van der Waals surface area contributed by atoms with Gasteiger partial charge in [-0.25, -0.2) is 4.39 Å². The van der Waals surface area contributed by atoms with Gasteiger partial charge in [0, 0.05) is 32.6 Å². The lowest BCUT2D eigenvalue weighted by molar-refractivity contribution is -0.348. The molecule has 1 atom stereocenters. The molecule has 13 heteroatoms. The van der Waals surface area contributed by atoms with Gasteiger partial charge in [-0.1, -0.05) is 33.6 Å². The van der Waals surface area contributed by atoms with Gasteiger partial charge in [-0.3, -0.25) is 4.79 Å². The molecule has 0 aromatic heterocycles. The van der Waals surface area contributed by atoms with Gasteiger partial charge in [-0.2, -0.15) is 31.6 Å². The molecule has 1 amide bonds. The molecule has 0 radical (unpaired) electrons. The number of allylic oxidation sites excluding steroid dienone is 2. The number of carbonyl (C=O) groups is 1. The number of nitriles is 1. The maximum Gasteiger partial charge on any atom is 0.435 e. The third kappa shape index (κ3) is 3.70. The number of nitrogens with two attached hydrogens (primary N) is 2. The second-order valence-electron chi connectivity index (χ2n) is 6.37. The summed E-state index contributed by atoms with van der Waals surface area (Å²) in [5.41, 5.74) is 1.30. The van der Waals surface area contributed by atoms with Crippen molar-refractivity contribution >= 4 is 33.4 Å². The van der Waals surface area contributed by atoms with E-state index in [9.17, 15) is 40.8 Å². The van der Waals surface area contributed by atoms with Crippen LogP contribution in [0, 0.1) is 11.3 Å². The average Bonchev–Trinajstić information content (AvgIpc) is 2.57. The zero-order valence-electron chi connectivity index (χ0n) is 14.4. The summed E-state index contributed by atoms with van der Waals surface area (Å²) in [7, 11) is 0. The minimum absolute atomic E-state index is 0.0750. The van der Waals surface area contributed by atoms with Crippen LogP contribution in [0.4, 0.5) is 30.7 Å². The number of halogens is 9. The van der Waals surface area contributed by atoms with E-state index in [-0.39, 0.29) is 28.8 Å². The maximum absolute atomic E-state index is 14.4. The second kappa shape index (κ2) is 7.55. The van der Waals surface area contributed by atoms with E-state index < -0.39 is 50.9 Å². The molecule has 2 rings (SSSR count). The molecule has 1 aliphatic rings. The van der Waals surface area contributed by atoms with E-state index >= 15 is 0 Å². The highest BCUT2D eigenvalue weighted by Crippen LogP contribution is 2.55. The van der Waals surface area contributed by atoms with E-state index in [1.807, 2.05) is 0 Å². The van der Waals surface area contributed by atoms with Crippen molar-refractivity contribution in [2.45, 2.75) is 30.0 Å². The topological polar surface area (TPSA) is 92.9 Å². The first-order valence-electron chi connectivity index (χ1n) is 7.73. The van der Waals surface area contributed by atoms with Gasteiger partial charge in [-0.05, 0) is 18.2 Å². The molecule has 1 aromatic carbocycles. The molecule has 1 unspecified atom stereocenters. The summed E-state index contributed by atoms with van der Waals surface area (Å²) >= 11 is 8.70. The first kappa shape index (κ1) is 24.2. The van der Waals surface area contributed by atoms with Gasteiger partial charge < -0.3 is 11.5 Å². The number of alkyl halides is 7. The molecule has 0 bridgehead atoms. The largest absolute Gasteiger partial charge is 0.435 e. The van der Waals surface area contributed by atoms with E-state index in [1.165, 1.54) is 6.08 Å². The number of primary amides is 1. The van der Waals surface area contributed by atoms with Crippen LogP contribution in [0.2, 0.25) is 5.02 Å². The van der Waals surface area contributed by atoms with Crippen molar-refractivity contribution in [2.75, 3.05) is 0 Å². The zero-order chi connectivity index (χ0) is 23.3. The van der Waals surface area contributed by atoms with Crippen molar-refractivity contribution in [2.24, 2.45) is 11.5 Å². The SMILES string of the molecule is N#CC1=CC=C(C(N)=O)CC1(N)c1c(Cl)cc(C(F)(C(F)(F)F)C(F)(F)F)cc1Br. The Balaban J connectivity index is 2.76. The van der Waals surface area contributed by atoms with Gasteiger partial charge >= 0.3 is 18.0 Å². The smallest absolute Gasteiger partial charge is 0.366 e. The first-order chi connectivity index (χ1) is 13.5. The van der Waals surface area contributed by atoms with Crippen molar-refractivity contribution in [3.8, 4) is 6.07 Å². The minimum atomic E-state index is -6.35. The summed E-state index contributed by atoms with van der Waals surface area (Å²) in [5, 5.41) is 8.54. The molecular formula is C17H10BrClF7N3O. The van der Waals surface area contributed by atoms with Gasteiger partial charge in [0.25, 0.3) is 0 Å². The van der Waals surface area contributed by atoms with Gasteiger partial charge in [0.15, 0.2) is 0 Å². The number of hydrogen-bond acceptors (Lipinski definition) is 3. The van der Waals surface area contributed by atoms with Gasteiger partial charge in [0.05, 0.1) is 17.2 Å². The third-order valence-corrected chi connectivity index (χ3v) is 5.43. The normalized spacial score (nSPS) is 20.3. The van der Waals surface area contributed by atoms with Crippen molar-refractivity contribution in [1.82, 2.24) is 0 Å². The highest BCUT2D eigenvalue weighted by Gasteiger charge is 2.73. The van der Waals surface area contributed by atoms with E-state index in [0.29, 0.717) is 0 Å². The van der Waals surface area contributed by atoms with Gasteiger partial charge in [-0.15, -0.1) is 0 Å². The Morgan fingerprint density at radius 1 is 1.13 bits per heavy atom. The number of carbonyl (C=O) groups excluding carboxylic acids is 1. The molecule has 0 fully saturated rings. The Kier molecular flexibility index (Phi) is 6.08. The predicted molar refractivity (Wildman–Crippen MR) is 95.5 cm³/mol. The lowest BCUT2D eigenvalue weighted by atomic mass is 9.75. The van der Waals surface area contributed by atoms with Crippen LogP contribution in [0.15, 0.2) is 39.9 Å². The number of amides is 1. The van der Waals surface area contributed by atoms with Crippen LogP contribution in [0.5, 0.6) is 0 Å². The number of benzene rings is 1. The lowest BCUT2D eigenvalue weighted by Crippen LogP contribution is -2.50. The highest BCUT2D eigenvalue weighted by molar-refractivity contribution is 9.10. The fourth-order valence-electron chi connectivity index (χ4n) is 3.00. The van der Waals surface area contributed by atoms with Crippen LogP contribution in [0.25, 0.3) is 0 Å². The van der Waals surface area contributed by atoms with Gasteiger partial charge in [0.1, 0.15) is 0 Å². The van der Waals surface area contributed by atoms with Crippen LogP contribution in [0.3, 0.4) is 0 Å². The number of nitrogens with zero attached hydrogens (tertiary/aromatic N) is 1. The molecule has 162 valence electrons. The summed E-state index contributed by atoms with van der Waals surface area (Å²) in [6.45, 7) is 0. The Bertz CT molecular complexity index is 973. The molecule has 0 heterocycles. The molecule has 0 spiro atoms. The van der Waals surface area contributed by atoms with Crippen LogP contribution in [-0.2, 0) is 16.0 Å².